The topological polar surface area (TPSA) is 96.5 Å². The first-order chi connectivity index (χ1) is 15.7. The number of pyridine rings is 2. The first-order valence-electron chi connectivity index (χ1n) is 10.9. The Morgan fingerprint density at radius 2 is 1.94 bits per heavy atom. The molecule has 1 saturated carbocycles. The van der Waals surface area contributed by atoms with Gasteiger partial charge in [0.25, 0.3) is 0 Å². The van der Waals surface area contributed by atoms with Crippen LogP contribution >= 0.6 is 0 Å². The van der Waals surface area contributed by atoms with Crippen LogP contribution in [0.1, 0.15) is 49.6 Å². The van der Waals surface area contributed by atoms with Gasteiger partial charge in [-0.1, -0.05) is 19.9 Å². The van der Waals surface area contributed by atoms with Gasteiger partial charge in [-0.15, -0.1) is 0 Å². The lowest BCUT2D eigenvalue weighted by Crippen LogP contribution is -2.68. The summed E-state index contributed by atoms with van der Waals surface area (Å²) in [7, 11) is 0. The molecule has 176 valence electrons. The van der Waals surface area contributed by atoms with Gasteiger partial charge in [-0.05, 0) is 49.4 Å². The molecule has 0 unspecified atom stereocenters. The van der Waals surface area contributed by atoms with E-state index in [1.165, 1.54) is 6.07 Å². The van der Waals surface area contributed by atoms with Crippen molar-refractivity contribution in [2.75, 3.05) is 18.4 Å². The van der Waals surface area contributed by atoms with Crippen LogP contribution in [-0.4, -0.2) is 52.5 Å². The second-order valence-corrected chi connectivity index (χ2v) is 8.90. The largest absolute Gasteiger partial charge is 0.415 e. The normalized spacial score (nSPS) is 17.0. The van der Waals surface area contributed by atoms with Gasteiger partial charge in [-0.3, -0.25) is 9.78 Å². The van der Waals surface area contributed by atoms with E-state index in [0.29, 0.717) is 11.4 Å². The fraction of sp³-hybridized carbons (Fsp3) is 0.478. The average Bonchev–Trinajstić information content (AvgIpc) is 3.53. The molecule has 2 aromatic heterocycles. The zero-order valence-corrected chi connectivity index (χ0v) is 18.8. The molecule has 10 heteroatoms. The van der Waals surface area contributed by atoms with Crippen LogP contribution in [0.4, 0.5) is 19.3 Å². The highest BCUT2D eigenvalue weighted by molar-refractivity contribution is 6.02. The third kappa shape index (κ3) is 4.74. The molecule has 4 rings (SSSR count). The number of alkyl halides is 2. The van der Waals surface area contributed by atoms with E-state index in [2.05, 4.69) is 25.3 Å². The van der Waals surface area contributed by atoms with Crippen LogP contribution in [0, 0.1) is 6.92 Å². The van der Waals surface area contributed by atoms with Gasteiger partial charge >= 0.3 is 12.6 Å². The monoisotopic (exact) mass is 459 g/mol. The SMILES string of the molecule is Cc1ccc(NC(=O)C2(c3ncccc3C(C)C)CN(C(=O)NC3CC3)C2)c(OC(F)F)n1. The van der Waals surface area contributed by atoms with Gasteiger partial charge in [0.05, 0.1) is 5.69 Å². The van der Waals surface area contributed by atoms with Crippen LogP contribution in [0.2, 0.25) is 0 Å². The summed E-state index contributed by atoms with van der Waals surface area (Å²) in [5.74, 6) is -0.726. The van der Waals surface area contributed by atoms with Gasteiger partial charge in [-0.2, -0.15) is 8.78 Å². The molecule has 1 aliphatic heterocycles. The summed E-state index contributed by atoms with van der Waals surface area (Å²) in [4.78, 5) is 36.3. The number of amides is 3. The number of hydrogen-bond donors (Lipinski definition) is 2. The Morgan fingerprint density at radius 3 is 2.58 bits per heavy atom. The van der Waals surface area contributed by atoms with Crippen molar-refractivity contribution >= 4 is 17.6 Å². The van der Waals surface area contributed by atoms with Crippen molar-refractivity contribution in [3.05, 3.63) is 47.4 Å². The van der Waals surface area contributed by atoms with E-state index in [-0.39, 0.29) is 42.6 Å². The number of anilines is 1. The molecule has 3 heterocycles. The van der Waals surface area contributed by atoms with E-state index in [1.807, 2.05) is 19.9 Å². The number of aryl methyl sites for hydroxylation is 1. The lowest BCUT2D eigenvalue weighted by molar-refractivity contribution is -0.126. The Hall–Kier alpha value is -3.30. The molecule has 0 spiro atoms. The smallest absolute Gasteiger partial charge is 0.388 e. The van der Waals surface area contributed by atoms with Crippen molar-refractivity contribution in [1.82, 2.24) is 20.2 Å². The van der Waals surface area contributed by atoms with E-state index in [0.717, 1.165) is 18.4 Å². The molecule has 0 atom stereocenters. The van der Waals surface area contributed by atoms with Crippen LogP contribution in [0.15, 0.2) is 30.5 Å². The number of hydrogen-bond acceptors (Lipinski definition) is 5. The van der Waals surface area contributed by atoms with E-state index in [9.17, 15) is 18.4 Å². The molecule has 0 radical (unpaired) electrons. The van der Waals surface area contributed by atoms with E-state index >= 15 is 0 Å². The lowest BCUT2D eigenvalue weighted by Gasteiger charge is -2.48. The van der Waals surface area contributed by atoms with Crippen molar-refractivity contribution in [3.63, 3.8) is 0 Å². The van der Waals surface area contributed by atoms with E-state index in [4.69, 9.17) is 0 Å². The maximum Gasteiger partial charge on any atom is 0.388 e. The maximum absolute atomic E-state index is 13.6. The number of aromatic nitrogens is 2. The summed E-state index contributed by atoms with van der Waals surface area (Å²) in [6.45, 7) is 2.80. The summed E-state index contributed by atoms with van der Waals surface area (Å²) in [5, 5.41) is 5.63. The first-order valence-corrected chi connectivity index (χ1v) is 10.9. The van der Waals surface area contributed by atoms with Gasteiger partial charge in [-0.25, -0.2) is 9.78 Å². The molecule has 2 fully saturated rings. The Morgan fingerprint density at radius 1 is 1.21 bits per heavy atom. The minimum absolute atomic E-state index is 0.0354. The van der Waals surface area contributed by atoms with Crippen molar-refractivity contribution in [2.45, 2.75) is 57.6 Å². The second kappa shape index (κ2) is 8.92. The molecule has 1 aliphatic carbocycles. The molecular weight excluding hydrogens is 432 g/mol. The third-order valence-electron chi connectivity index (χ3n) is 5.91. The van der Waals surface area contributed by atoms with Gasteiger partial charge in [0.1, 0.15) is 11.1 Å². The Labute approximate surface area is 190 Å². The van der Waals surface area contributed by atoms with Crippen LogP contribution in [0.3, 0.4) is 0 Å². The first kappa shape index (κ1) is 22.9. The standard InChI is InChI=1S/C23H27F2N5O3/c1-13(2)16-5-4-10-26-18(16)23(11-30(12-23)22(32)28-15-7-8-15)20(31)29-17-9-6-14(3)27-19(17)33-21(24)25/h4-6,9-10,13,15,21H,7-8,11-12H2,1-3H3,(H,28,32)(H,29,31). The number of nitrogens with zero attached hydrogens (tertiary/aromatic N) is 3. The molecule has 2 aliphatic rings. The minimum atomic E-state index is -3.09. The van der Waals surface area contributed by atoms with Crippen LogP contribution < -0.4 is 15.4 Å². The summed E-state index contributed by atoms with van der Waals surface area (Å²) >= 11 is 0. The summed E-state index contributed by atoms with van der Waals surface area (Å²) in [6, 6.07) is 6.75. The fourth-order valence-corrected chi connectivity index (χ4v) is 3.97. The molecule has 2 N–H and O–H groups in total. The number of urea groups is 1. The van der Waals surface area contributed by atoms with Crippen LogP contribution in [0.25, 0.3) is 0 Å². The molecule has 0 aromatic carbocycles. The number of halogens is 2. The molecule has 33 heavy (non-hydrogen) atoms. The predicted molar refractivity (Wildman–Crippen MR) is 117 cm³/mol. The summed E-state index contributed by atoms with van der Waals surface area (Å²) < 4.78 is 30.3. The highest BCUT2D eigenvalue weighted by Gasteiger charge is 2.55. The Balaban J connectivity index is 1.65. The quantitative estimate of drug-likeness (QED) is 0.660. The third-order valence-corrected chi connectivity index (χ3v) is 5.91. The van der Waals surface area contributed by atoms with Crippen molar-refractivity contribution in [1.29, 1.82) is 0 Å². The summed E-state index contributed by atoms with van der Waals surface area (Å²) in [6.07, 6.45) is 3.52. The van der Waals surface area contributed by atoms with Crippen molar-refractivity contribution in [2.24, 2.45) is 0 Å². The summed E-state index contributed by atoms with van der Waals surface area (Å²) in [5.41, 5.74) is 0.838. The lowest BCUT2D eigenvalue weighted by atomic mass is 9.72. The predicted octanol–water partition coefficient (Wildman–Crippen LogP) is 3.57. The highest BCUT2D eigenvalue weighted by Crippen LogP contribution is 2.39. The minimum Gasteiger partial charge on any atom is -0.415 e. The Bertz CT molecular complexity index is 1050. The average molecular weight is 459 g/mol. The van der Waals surface area contributed by atoms with Gasteiger partial charge in [0, 0.05) is 31.0 Å². The van der Waals surface area contributed by atoms with Crippen molar-refractivity contribution in [3.8, 4) is 5.88 Å². The highest BCUT2D eigenvalue weighted by atomic mass is 19.3. The maximum atomic E-state index is 13.6. The van der Waals surface area contributed by atoms with Gasteiger partial charge in [0.2, 0.25) is 11.8 Å². The fourth-order valence-electron chi connectivity index (χ4n) is 3.97. The molecule has 8 nitrogen and oxygen atoms in total. The molecule has 3 amide bonds. The van der Waals surface area contributed by atoms with E-state index in [1.54, 1.807) is 30.2 Å². The number of nitrogens with one attached hydrogen (secondary N) is 2. The molecule has 2 aromatic rings. The van der Waals surface area contributed by atoms with Gasteiger partial charge in [0.15, 0.2) is 0 Å². The second-order valence-electron chi connectivity index (χ2n) is 8.90. The van der Waals surface area contributed by atoms with E-state index < -0.39 is 17.9 Å². The zero-order valence-electron chi connectivity index (χ0n) is 18.8. The molecule has 1 saturated heterocycles. The van der Waals surface area contributed by atoms with Crippen LogP contribution in [-0.2, 0) is 10.2 Å². The number of likely N-dealkylation sites (tertiary alicyclic amines) is 1. The number of carbonyl (C=O) groups is 2. The number of carbonyl (C=O) groups excluding carboxylic acids is 2. The Kier molecular flexibility index (Phi) is 6.18. The molecule has 0 bridgehead atoms. The number of rotatable bonds is 7. The molecular formula is C23H27F2N5O3. The van der Waals surface area contributed by atoms with Crippen LogP contribution in [0.5, 0.6) is 5.88 Å². The van der Waals surface area contributed by atoms with Gasteiger partial charge < -0.3 is 20.3 Å². The van der Waals surface area contributed by atoms with Crippen molar-refractivity contribution < 1.29 is 23.1 Å². The number of ether oxygens (including phenoxy) is 1. The zero-order chi connectivity index (χ0) is 23.8.